The highest BCUT2D eigenvalue weighted by molar-refractivity contribution is 6.03. The Morgan fingerprint density at radius 2 is 2.00 bits per heavy atom. The summed E-state index contributed by atoms with van der Waals surface area (Å²) in [5.41, 5.74) is 3.43. The number of methoxy groups -OCH3 is 1. The summed E-state index contributed by atoms with van der Waals surface area (Å²) in [6, 6.07) is 15.7. The first-order chi connectivity index (χ1) is 16.4. The fourth-order valence-corrected chi connectivity index (χ4v) is 3.57. The number of benzene rings is 2. The van der Waals surface area contributed by atoms with Crippen LogP contribution in [0.15, 0.2) is 76.5 Å². The number of esters is 1. The molecule has 3 aromatic rings. The number of amides is 1. The molecule has 4 rings (SSSR count). The zero-order valence-electron chi connectivity index (χ0n) is 18.8. The number of phenols is 1. The van der Waals surface area contributed by atoms with Crippen molar-refractivity contribution in [3.05, 3.63) is 89.4 Å². The largest absolute Gasteiger partial charge is 0.504 e. The van der Waals surface area contributed by atoms with Crippen LogP contribution in [0.4, 0.5) is 0 Å². The molecule has 0 saturated carbocycles. The molecule has 2 aromatic carbocycles. The molecule has 1 atom stereocenters. The second-order valence-electron chi connectivity index (χ2n) is 7.76. The van der Waals surface area contributed by atoms with Crippen molar-refractivity contribution in [3.8, 4) is 11.5 Å². The number of hydrogen-bond acceptors (Lipinski definition) is 7. The molecule has 174 valence electrons. The van der Waals surface area contributed by atoms with Gasteiger partial charge in [0.05, 0.1) is 19.1 Å². The Morgan fingerprint density at radius 3 is 2.71 bits per heavy atom. The number of aromatic hydroxyl groups is 1. The minimum absolute atomic E-state index is 0.00453. The van der Waals surface area contributed by atoms with Crippen LogP contribution in [0.5, 0.6) is 11.5 Å². The Bertz CT molecular complexity index is 1230. The van der Waals surface area contributed by atoms with Crippen LogP contribution in [0.3, 0.4) is 0 Å². The van der Waals surface area contributed by atoms with Gasteiger partial charge in [0, 0.05) is 12.5 Å². The van der Waals surface area contributed by atoms with E-state index in [0.717, 1.165) is 16.8 Å². The fraction of sp³-hybridized carbons (Fsp3) is 0.192. The van der Waals surface area contributed by atoms with Gasteiger partial charge in [0.1, 0.15) is 11.8 Å². The summed E-state index contributed by atoms with van der Waals surface area (Å²) in [7, 11) is 1.43. The predicted octanol–water partition coefficient (Wildman–Crippen LogP) is 4.24. The summed E-state index contributed by atoms with van der Waals surface area (Å²) < 4.78 is 15.7. The van der Waals surface area contributed by atoms with Crippen molar-refractivity contribution in [3.63, 3.8) is 0 Å². The number of hydrogen-bond donors (Lipinski definition) is 1. The third-order valence-corrected chi connectivity index (χ3v) is 5.38. The molecule has 1 aliphatic heterocycles. The van der Waals surface area contributed by atoms with Crippen LogP contribution in [0.1, 0.15) is 34.9 Å². The zero-order chi connectivity index (χ0) is 24.1. The lowest BCUT2D eigenvalue weighted by molar-refractivity contribution is -0.149. The van der Waals surface area contributed by atoms with Crippen LogP contribution in [0.2, 0.25) is 0 Å². The number of aryl methyl sites for hydroxylation is 1. The van der Waals surface area contributed by atoms with E-state index < -0.39 is 24.5 Å². The molecule has 1 aromatic heterocycles. The summed E-state index contributed by atoms with van der Waals surface area (Å²) in [6.45, 7) is 1.53. The van der Waals surface area contributed by atoms with Gasteiger partial charge >= 0.3 is 5.97 Å². The van der Waals surface area contributed by atoms with Crippen LogP contribution in [0.25, 0.3) is 6.08 Å². The first-order valence-electron chi connectivity index (χ1n) is 10.7. The van der Waals surface area contributed by atoms with Gasteiger partial charge in [0.15, 0.2) is 18.1 Å². The molecule has 2 heterocycles. The molecular weight excluding hydrogens is 436 g/mol. The van der Waals surface area contributed by atoms with Gasteiger partial charge in [-0.2, -0.15) is 5.10 Å². The molecule has 0 saturated heterocycles. The van der Waals surface area contributed by atoms with E-state index in [1.165, 1.54) is 30.3 Å². The summed E-state index contributed by atoms with van der Waals surface area (Å²) in [6.07, 6.45) is 4.74. The van der Waals surface area contributed by atoms with E-state index in [-0.39, 0.29) is 11.5 Å². The average molecular weight is 460 g/mol. The number of phenolic OH excluding ortho intramolecular Hbond substituents is 1. The SMILES string of the molecule is COc1cc(/C=C/C(=O)OCC(=O)N2N=C(c3ccc(C)cc3)CC2c2ccco2)ccc1O. The van der Waals surface area contributed by atoms with E-state index >= 15 is 0 Å². The molecule has 0 spiro atoms. The first-order valence-corrected chi connectivity index (χ1v) is 10.7. The number of ether oxygens (including phenoxy) is 2. The summed E-state index contributed by atoms with van der Waals surface area (Å²) in [4.78, 5) is 25.1. The normalized spacial score (nSPS) is 15.4. The van der Waals surface area contributed by atoms with Crippen molar-refractivity contribution in [2.24, 2.45) is 5.10 Å². The number of nitrogens with zero attached hydrogens (tertiary/aromatic N) is 2. The Morgan fingerprint density at radius 1 is 1.21 bits per heavy atom. The Labute approximate surface area is 196 Å². The zero-order valence-corrected chi connectivity index (χ0v) is 18.8. The lowest BCUT2D eigenvalue weighted by Gasteiger charge is -2.19. The van der Waals surface area contributed by atoms with Gasteiger partial charge in [-0.25, -0.2) is 9.80 Å². The maximum Gasteiger partial charge on any atom is 0.331 e. The van der Waals surface area contributed by atoms with E-state index in [2.05, 4.69) is 5.10 Å². The molecule has 8 nitrogen and oxygen atoms in total. The topological polar surface area (TPSA) is 102 Å². The standard InChI is InChI=1S/C26H24N2O6/c1-17-5-9-19(10-6-17)20-15-21(23-4-3-13-33-23)28(27-20)25(30)16-34-26(31)12-8-18-7-11-22(29)24(14-18)32-2/h3-14,21,29H,15-16H2,1-2H3/b12-8+. The van der Waals surface area contributed by atoms with Gasteiger partial charge in [-0.05, 0) is 48.4 Å². The van der Waals surface area contributed by atoms with Gasteiger partial charge in [0.2, 0.25) is 0 Å². The second-order valence-corrected chi connectivity index (χ2v) is 7.76. The maximum atomic E-state index is 12.9. The monoisotopic (exact) mass is 460 g/mol. The lowest BCUT2D eigenvalue weighted by Crippen LogP contribution is -2.31. The third kappa shape index (κ3) is 5.17. The molecule has 1 aliphatic rings. The molecule has 0 fully saturated rings. The quantitative estimate of drug-likeness (QED) is 0.418. The van der Waals surface area contributed by atoms with E-state index in [0.29, 0.717) is 17.7 Å². The number of carbonyl (C=O) groups is 2. The van der Waals surface area contributed by atoms with Crippen molar-refractivity contribution in [1.29, 1.82) is 0 Å². The highest BCUT2D eigenvalue weighted by atomic mass is 16.5. The van der Waals surface area contributed by atoms with Crippen molar-refractivity contribution in [2.75, 3.05) is 13.7 Å². The van der Waals surface area contributed by atoms with Crippen LogP contribution in [-0.4, -0.2) is 41.4 Å². The Balaban J connectivity index is 1.43. The summed E-state index contributed by atoms with van der Waals surface area (Å²) in [5.74, 6) is -0.263. The maximum absolute atomic E-state index is 12.9. The lowest BCUT2D eigenvalue weighted by atomic mass is 10.0. The molecule has 1 N–H and O–H groups in total. The van der Waals surface area contributed by atoms with Gasteiger partial charge in [0.25, 0.3) is 5.91 Å². The van der Waals surface area contributed by atoms with E-state index in [4.69, 9.17) is 13.9 Å². The van der Waals surface area contributed by atoms with Gasteiger partial charge in [-0.1, -0.05) is 35.9 Å². The number of furan rings is 1. The first kappa shape index (κ1) is 22.8. The number of rotatable bonds is 7. The van der Waals surface area contributed by atoms with Gasteiger partial charge in [-0.3, -0.25) is 4.79 Å². The summed E-state index contributed by atoms with van der Waals surface area (Å²) in [5, 5.41) is 15.5. The predicted molar refractivity (Wildman–Crippen MR) is 125 cm³/mol. The molecule has 0 bridgehead atoms. The van der Waals surface area contributed by atoms with Crippen LogP contribution in [-0.2, 0) is 14.3 Å². The number of carbonyl (C=O) groups excluding carboxylic acids is 2. The van der Waals surface area contributed by atoms with Crippen molar-refractivity contribution in [2.45, 2.75) is 19.4 Å². The summed E-state index contributed by atoms with van der Waals surface area (Å²) >= 11 is 0. The van der Waals surface area contributed by atoms with Crippen LogP contribution in [0, 0.1) is 6.92 Å². The molecule has 1 amide bonds. The van der Waals surface area contributed by atoms with E-state index in [9.17, 15) is 14.7 Å². The molecule has 0 radical (unpaired) electrons. The highest BCUT2D eigenvalue weighted by Crippen LogP contribution is 2.33. The highest BCUT2D eigenvalue weighted by Gasteiger charge is 2.35. The average Bonchev–Trinajstić information content (AvgIpc) is 3.52. The third-order valence-electron chi connectivity index (χ3n) is 5.38. The smallest absolute Gasteiger partial charge is 0.331 e. The van der Waals surface area contributed by atoms with Gasteiger partial charge in [-0.15, -0.1) is 0 Å². The minimum Gasteiger partial charge on any atom is -0.504 e. The molecule has 34 heavy (non-hydrogen) atoms. The molecule has 8 heteroatoms. The molecular formula is C26H24N2O6. The molecule has 1 unspecified atom stereocenters. The fourth-order valence-electron chi connectivity index (χ4n) is 3.57. The van der Waals surface area contributed by atoms with E-state index in [1.807, 2.05) is 31.2 Å². The van der Waals surface area contributed by atoms with Crippen LogP contribution < -0.4 is 4.74 Å². The number of hydrazone groups is 1. The Kier molecular flexibility index (Phi) is 6.77. The van der Waals surface area contributed by atoms with Crippen molar-refractivity contribution < 1.29 is 28.6 Å². The van der Waals surface area contributed by atoms with Crippen molar-refractivity contribution >= 4 is 23.7 Å². The van der Waals surface area contributed by atoms with Crippen LogP contribution >= 0.6 is 0 Å². The minimum atomic E-state index is -0.683. The second kappa shape index (κ2) is 10.1. The van der Waals surface area contributed by atoms with E-state index in [1.54, 1.807) is 30.5 Å². The Hall–Kier alpha value is -4.33. The molecule has 0 aliphatic carbocycles. The van der Waals surface area contributed by atoms with Crippen molar-refractivity contribution in [1.82, 2.24) is 5.01 Å². The van der Waals surface area contributed by atoms with Gasteiger partial charge < -0.3 is 19.0 Å².